The molecule has 108 valence electrons. The number of para-hydroxylation sites is 1. The minimum absolute atomic E-state index is 0.0681. The molecule has 1 aliphatic rings. The molecule has 0 bridgehead atoms. The Hall–Kier alpha value is -2.70. The largest absolute Gasteiger partial charge is 0.309 e. The number of amides is 3. The Morgan fingerprint density at radius 1 is 1.24 bits per heavy atom. The Bertz CT molecular complexity index is 706. The van der Waals surface area contributed by atoms with Crippen molar-refractivity contribution >= 4 is 34.4 Å². The van der Waals surface area contributed by atoms with Gasteiger partial charge in [0.15, 0.2) is 5.82 Å². The Morgan fingerprint density at radius 3 is 2.71 bits per heavy atom. The summed E-state index contributed by atoms with van der Waals surface area (Å²) >= 11 is 0. The maximum atomic E-state index is 11.9. The standard InChI is InChI=1S/C14H14N4O3/c19-11(7-8-18-12(20)5-6-13(18)21)15-14-9-3-1-2-4-10(9)16-17-14/h1-4H,5-8H2,(H2,15,16,17,19). The molecule has 1 aromatic heterocycles. The van der Waals surface area contributed by atoms with Crippen LogP contribution in [0.25, 0.3) is 10.9 Å². The first kappa shape index (κ1) is 13.3. The number of fused-ring (bicyclic) bond motifs is 1. The lowest BCUT2D eigenvalue weighted by Gasteiger charge is -2.12. The molecular weight excluding hydrogens is 272 g/mol. The average Bonchev–Trinajstić information content (AvgIpc) is 3.02. The molecule has 1 fully saturated rings. The number of rotatable bonds is 4. The molecule has 1 aromatic carbocycles. The highest BCUT2D eigenvalue weighted by Gasteiger charge is 2.28. The predicted octanol–water partition coefficient (Wildman–Crippen LogP) is 1.04. The first-order valence-corrected chi connectivity index (χ1v) is 6.71. The minimum atomic E-state index is -0.278. The smallest absolute Gasteiger partial charge is 0.229 e. The van der Waals surface area contributed by atoms with E-state index in [1.165, 1.54) is 0 Å². The van der Waals surface area contributed by atoms with Gasteiger partial charge in [0.1, 0.15) is 0 Å². The molecule has 0 radical (unpaired) electrons. The molecule has 0 spiro atoms. The first-order valence-electron chi connectivity index (χ1n) is 6.71. The molecule has 7 heteroatoms. The third-order valence-electron chi connectivity index (χ3n) is 3.45. The summed E-state index contributed by atoms with van der Waals surface area (Å²) in [5.74, 6) is -0.245. The van der Waals surface area contributed by atoms with Crippen molar-refractivity contribution in [3.8, 4) is 0 Å². The highest BCUT2D eigenvalue weighted by atomic mass is 16.2. The molecule has 0 atom stereocenters. The van der Waals surface area contributed by atoms with E-state index in [2.05, 4.69) is 15.5 Å². The van der Waals surface area contributed by atoms with Crippen molar-refractivity contribution in [2.24, 2.45) is 0 Å². The van der Waals surface area contributed by atoms with Gasteiger partial charge in [-0.05, 0) is 12.1 Å². The fourth-order valence-corrected chi connectivity index (χ4v) is 2.34. The number of nitrogens with zero attached hydrogens (tertiary/aromatic N) is 2. The lowest BCUT2D eigenvalue weighted by molar-refractivity contribution is -0.138. The highest BCUT2D eigenvalue weighted by molar-refractivity contribution is 6.03. The molecule has 0 saturated carbocycles. The minimum Gasteiger partial charge on any atom is -0.309 e. The van der Waals surface area contributed by atoms with Gasteiger partial charge in [0, 0.05) is 31.2 Å². The summed E-state index contributed by atoms with van der Waals surface area (Å²) in [6.07, 6.45) is 0.549. The number of hydrogen-bond acceptors (Lipinski definition) is 4. The Labute approximate surface area is 120 Å². The molecular formula is C14H14N4O3. The van der Waals surface area contributed by atoms with Gasteiger partial charge in [-0.2, -0.15) is 5.10 Å². The zero-order valence-corrected chi connectivity index (χ0v) is 11.3. The van der Waals surface area contributed by atoms with Gasteiger partial charge in [-0.3, -0.25) is 24.4 Å². The van der Waals surface area contributed by atoms with E-state index in [4.69, 9.17) is 0 Å². The van der Waals surface area contributed by atoms with Crippen LogP contribution >= 0.6 is 0 Å². The van der Waals surface area contributed by atoms with Crippen molar-refractivity contribution in [3.05, 3.63) is 24.3 Å². The molecule has 0 unspecified atom stereocenters. The number of imide groups is 1. The SMILES string of the molecule is O=C(CCN1C(=O)CCC1=O)Nc1n[nH]c2ccccc12. The number of H-pyrrole nitrogens is 1. The number of aromatic amines is 1. The van der Waals surface area contributed by atoms with Crippen LogP contribution in [0.3, 0.4) is 0 Å². The van der Waals surface area contributed by atoms with Crippen molar-refractivity contribution in [1.29, 1.82) is 0 Å². The van der Waals surface area contributed by atoms with Crippen LogP contribution in [0.5, 0.6) is 0 Å². The fourth-order valence-electron chi connectivity index (χ4n) is 2.34. The maximum absolute atomic E-state index is 11.9. The number of benzene rings is 1. The number of likely N-dealkylation sites (tertiary alicyclic amines) is 1. The lowest BCUT2D eigenvalue weighted by atomic mass is 10.2. The van der Waals surface area contributed by atoms with Crippen molar-refractivity contribution in [1.82, 2.24) is 15.1 Å². The normalized spacial score (nSPS) is 15.0. The summed E-state index contributed by atoms with van der Waals surface area (Å²) in [6, 6.07) is 7.44. The van der Waals surface area contributed by atoms with Gasteiger partial charge in [-0.1, -0.05) is 12.1 Å². The van der Waals surface area contributed by atoms with Crippen LogP contribution in [0.15, 0.2) is 24.3 Å². The molecule has 0 aliphatic carbocycles. The average molecular weight is 286 g/mol. The molecule has 2 aromatic rings. The number of aromatic nitrogens is 2. The summed E-state index contributed by atoms with van der Waals surface area (Å²) in [5, 5.41) is 10.4. The molecule has 2 N–H and O–H groups in total. The molecule has 3 rings (SSSR count). The quantitative estimate of drug-likeness (QED) is 0.821. The summed E-state index contributed by atoms with van der Waals surface area (Å²) < 4.78 is 0. The second-order valence-corrected chi connectivity index (χ2v) is 4.86. The van der Waals surface area contributed by atoms with Crippen molar-refractivity contribution in [2.45, 2.75) is 19.3 Å². The van der Waals surface area contributed by atoms with Gasteiger partial charge in [0.2, 0.25) is 17.7 Å². The lowest BCUT2D eigenvalue weighted by Crippen LogP contribution is -2.32. The maximum Gasteiger partial charge on any atom is 0.229 e. The van der Waals surface area contributed by atoms with E-state index in [1.807, 2.05) is 24.3 Å². The molecule has 3 amide bonds. The summed E-state index contributed by atoms with van der Waals surface area (Å²) in [7, 11) is 0. The van der Waals surface area contributed by atoms with E-state index < -0.39 is 0 Å². The fraction of sp³-hybridized carbons (Fsp3) is 0.286. The zero-order valence-electron chi connectivity index (χ0n) is 11.3. The van der Waals surface area contributed by atoms with Crippen LogP contribution < -0.4 is 5.32 Å². The second-order valence-electron chi connectivity index (χ2n) is 4.86. The van der Waals surface area contributed by atoms with Crippen LogP contribution in [0.2, 0.25) is 0 Å². The van der Waals surface area contributed by atoms with E-state index in [0.29, 0.717) is 5.82 Å². The Kier molecular flexibility index (Phi) is 3.39. The van der Waals surface area contributed by atoms with Crippen LogP contribution in [-0.4, -0.2) is 39.4 Å². The van der Waals surface area contributed by atoms with Crippen LogP contribution in [-0.2, 0) is 14.4 Å². The summed E-state index contributed by atoms with van der Waals surface area (Å²) in [4.78, 5) is 35.9. The third-order valence-corrected chi connectivity index (χ3v) is 3.45. The summed E-state index contributed by atoms with van der Waals surface area (Å²) in [5.41, 5.74) is 0.831. The molecule has 1 aliphatic heterocycles. The topological polar surface area (TPSA) is 95.2 Å². The second kappa shape index (κ2) is 5.35. The molecule has 1 saturated heterocycles. The van der Waals surface area contributed by atoms with Gasteiger partial charge < -0.3 is 5.32 Å². The molecule has 7 nitrogen and oxygen atoms in total. The van der Waals surface area contributed by atoms with Crippen LogP contribution in [0.1, 0.15) is 19.3 Å². The van der Waals surface area contributed by atoms with Gasteiger partial charge in [0.25, 0.3) is 0 Å². The number of nitrogens with one attached hydrogen (secondary N) is 2. The van der Waals surface area contributed by atoms with Crippen LogP contribution in [0, 0.1) is 0 Å². The van der Waals surface area contributed by atoms with Gasteiger partial charge in [0.05, 0.1) is 5.52 Å². The first-order chi connectivity index (χ1) is 10.1. The zero-order chi connectivity index (χ0) is 14.8. The Morgan fingerprint density at radius 2 is 1.95 bits per heavy atom. The van der Waals surface area contributed by atoms with E-state index >= 15 is 0 Å². The van der Waals surface area contributed by atoms with Gasteiger partial charge in [-0.15, -0.1) is 0 Å². The van der Waals surface area contributed by atoms with Crippen molar-refractivity contribution < 1.29 is 14.4 Å². The van der Waals surface area contributed by atoms with E-state index in [9.17, 15) is 14.4 Å². The summed E-state index contributed by atoms with van der Waals surface area (Å²) in [6.45, 7) is 0.117. The van der Waals surface area contributed by atoms with Gasteiger partial charge in [-0.25, -0.2) is 0 Å². The van der Waals surface area contributed by atoms with E-state index in [1.54, 1.807) is 0 Å². The Balaban J connectivity index is 1.62. The van der Waals surface area contributed by atoms with Crippen LogP contribution in [0.4, 0.5) is 5.82 Å². The number of anilines is 1. The van der Waals surface area contributed by atoms with E-state index in [-0.39, 0.29) is 43.5 Å². The monoisotopic (exact) mass is 286 g/mol. The van der Waals surface area contributed by atoms with Crippen molar-refractivity contribution in [2.75, 3.05) is 11.9 Å². The number of carbonyl (C=O) groups is 3. The van der Waals surface area contributed by atoms with E-state index in [0.717, 1.165) is 15.8 Å². The number of carbonyl (C=O) groups excluding carboxylic acids is 3. The molecule has 21 heavy (non-hydrogen) atoms. The van der Waals surface area contributed by atoms with Gasteiger partial charge >= 0.3 is 0 Å². The molecule has 2 heterocycles. The number of hydrogen-bond donors (Lipinski definition) is 2. The third kappa shape index (κ3) is 2.62. The predicted molar refractivity (Wildman–Crippen MR) is 75.3 cm³/mol. The highest BCUT2D eigenvalue weighted by Crippen LogP contribution is 2.19. The van der Waals surface area contributed by atoms with Crippen molar-refractivity contribution in [3.63, 3.8) is 0 Å².